The van der Waals surface area contributed by atoms with Crippen molar-refractivity contribution in [2.75, 3.05) is 22.8 Å². The van der Waals surface area contributed by atoms with Crippen LogP contribution >= 0.6 is 0 Å². The molecule has 2 heterocycles. The minimum atomic E-state index is -4.14. The maximum Gasteiger partial charge on any atom is 0.343 e. The third kappa shape index (κ3) is 4.44. The minimum Gasteiger partial charge on any atom is -0.462 e. The number of aromatic nitrogens is 2. The first-order chi connectivity index (χ1) is 14.4. The fourth-order valence-corrected chi connectivity index (χ4v) is 5.92. The number of carbonyl (C=O) groups is 1. The van der Waals surface area contributed by atoms with Crippen molar-refractivity contribution in [2.24, 2.45) is 0 Å². The smallest absolute Gasteiger partial charge is 0.343 e. The van der Waals surface area contributed by atoms with Gasteiger partial charge in [0.2, 0.25) is 25.5 Å². The van der Waals surface area contributed by atoms with Crippen LogP contribution in [0.1, 0.15) is 17.3 Å². The quantitative estimate of drug-likeness (QED) is 0.497. The van der Waals surface area contributed by atoms with Gasteiger partial charge in [-0.1, -0.05) is 12.1 Å². The summed E-state index contributed by atoms with van der Waals surface area (Å²) >= 11 is 0. The van der Waals surface area contributed by atoms with E-state index in [0.717, 1.165) is 12.5 Å². The van der Waals surface area contributed by atoms with Gasteiger partial charge in [-0.2, -0.15) is 0 Å². The monoisotopic (exact) mass is 465 g/mol. The number of ether oxygens (including phenoxy) is 1. The number of benzene rings is 1. The second kappa shape index (κ2) is 8.12. The van der Waals surface area contributed by atoms with Gasteiger partial charge in [-0.05, 0) is 31.2 Å². The number of sulfonamides is 2. The van der Waals surface area contributed by atoms with Crippen LogP contribution in [0.5, 0.6) is 0 Å². The van der Waals surface area contributed by atoms with Crippen LogP contribution in [0.25, 0.3) is 16.6 Å². The third-order valence-corrected chi connectivity index (χ3v) is 7.41. The summed E-state index contributed by atoms with van der Waals surface area (Å²) in [7, 11) is -8.29. The van der Waals surface area contributed by atoms with Crippen molar-refractivity contribution >= 4 is 42.7 Å². The van der Waals surface area contributed by atoms with E-state index in [1.54, 1.807) is 31.2 Å². The maximum absolute atomic E-state index is 12.7. The Hall–Kier alpha value is -3.25. The standard InChI is InChI=1S/C19H19N3O7S2/c1-4-29-19(24)15-12-21(16-8-6-5-7-14(16)18(15)23)13-9-10-17(20-11-13)22(30(2,25)26)31(3,27)28/h5-12H,4H2,1-3H3. The summed E-state index contributed by atoms with van der Waals surface area (Å²) in [6, 6.07) is 9.23. The van der Waals surface area contributed by atoms with Crippen molar-refractivity contribution in [3.8, 4) is 5.69 Å². The number of hydrogen-bond donors (Lipinski definition) is 0. The molecule has 31 heavy (non-hydrogen) atoms. The summed E-state index contributed by atoms with van der Waals surface area (Å²) in [6.45, 7) is 1.71. The molecule has 0 unspecified atom stereocenters. The predicted molar refractivity (Wildman–Crippen MR) is 115 cm³/mol. The number of pyridine rings is 2. The number of anilines is 1. The summed E-state index contributed by atoms with van der Waals surface area (Å²) in [5, 5.41) is 0.269. The lowest BCUT2D eigenvalue weighted by Gasteiger charge is -2.19. The third-order valence-electron chi connectivity index (χ3n) is 4.21. The number of fused-ring (bicyclic) bond motifs is 1. The lowest BCUT2D eigenvalue weighted by Crippen LogP contribution is -2.35. The van der Waals surface area contributed by atoms with Crippen LogP contribution in [0.15, 0.2) is 53.6 Å². The molecule has 12 heteroatoms. The molecule has 0 aliphatic carbocycles. The van der Waals surface area contributed by atoms with Gasteiger partial charge in [-0.25, -0.2) is 26.6 Å². The maximum atomic E-state index is 12.7. The van der Waals surface area contributed by atoms with Gasteiger partial charge in [0.05, 0.1) is 36.5 Å². The van der Waals surface area contributed by atoms with Gasteiger partial charge in [-0.3, -0.25) is 4.79 Å². The van der Waals surface area contributed by atoms with Crippen molar-refractivity contribution in [2.45, 2.75) is 6.92 Å². The van der Waals surface area contributed by atoms with E-state index in [-0.39, 0.29) is 27.1 Å². The Balaban J connectivity index is 2.22. The molecule has 0 bridgehead atoms. The highest BCUT2D eigenvalue weighted by Gasteiger charge is 2.28. The Kier molecular flexibility index (Phi) is 5.87. The Bertz CT molecular complexity index is 1400. The second-order valence-electron chi connectivity index (χ2n) is 6.58. The van der Waals surface area contributed by atoms with Crippen LogP contribution in [0, 0.1) is 0 Å². The molecule has 0 saturated carbocycles. The lowest BCUT2D eigenvalue weighted by atomic mass is 10.1. The molecule has 164 valence electrons. The molecular formula is C19H19N3O7S2. The summed E-state index contributed by atoms with van der Waals surface area (Å²) in [6.07, 6.45) is 4.06. The van der Waals surface area contributed by atoms with Gasteiger partial charge in [0, 0.05) is 11.6 Å². The van der Waals surface area contributed by atoms with Crippen molar-refractivity contribution in [3.05, 3.63) is 64.6 Å². The highest BCUT2D eigenvalue weighted by molar-refractivity contribution is 8.09. The molecule has 10 nitrogen and oxygen atoms in total. The molecule has 1 aromatic carbocycles. The lowest BCUT2D eigenvalue weighted by molar-refractivity contribution is 0.0524. The molecule has 3 rings (SSSR count). The van der Waals surface area contributed by atoms with E-state index < -0.39 is 31.4 Å². The Morgan fingerprint density at radius 3 is 2.26 bits per heavy atom. The van der Waals surface area contributed by atoms with Gasteiger partial charge in [-0.15, -0.1) is 3.71 Å². The van der Waals surface area contributed by atoms with Crippen molar-refractivity contribution in [1.82, 2.24) is 9.55 Å². The average molecular weight is 466 g/mol. The minimum absolute atomic E-state index is 0.0914. The molecule has 0 radical (unpaired) electrons. The summed E-state index contributed by atoms with van der Waals surface area (Å²) < 4.78 is 54.5. The molecule has 2 aromatic heterocycles. The zero-order valence-electron chi connectivity index (χ0n) is 16.8. The van der Waals surface area contributed by atoms with E-state index in [1.165, 1.54) is 29.1 Å². The number of esters is 1. The van der Waals surface area contributed by atoms with Crippen LogP contribution in [-0.4, -0.2) is 51.5 Å². The predicted octanol–water partition coefficient (Wildman–Crippen LogP) is 1.29. The van der Waals surface area contributed by atoms with Crippen molar-refractivity contribution in [3.63, 3.8) is 0 Å². The van der Waals surface area contributed by atoms with E-state index in [1.807, 2.05) is 0 Å². The molecule has 0 fully saturated rings. The van der Waals surface area contributed by atoms with Crippen LogP contribution in [-0.2, 0) is 24.8 Å². The van der Waals surface area contributed by atoms with Crippen LogP contribution in [0.3, 0.4) is 0 Å². The fraction of sp³-hybridized carbons (Fsp3) is 0.211. The van der Waals surface area contributed by atoms with E-state index in [9.17, 15) is 26.4 Å². The van der Waals surface area contributed by atoms with Crippen molar-refractivity contribution < 1.29 is 26.4 Å². The largest absolute Gasteiger partial charge is 0.462 e. The summed E-state index contributed by atoms with van der Waals surface area (Å²) in [4.78, 5) is 29.0. The summed E-state index contributed by atoms with van der Waals surface area (Å²) in [5.41, 5.74) is 0.166. The molecule has 3 aromatic rings. The first-order valence-corrected chi connectivity index (χ1v) is 12.6. The van der Waals surface area contributed by atoms with Gasteiger partial charge in [0.1, 0.15) is 5.56 Å². The molecular weight excluding hydrogens is 446 g/mol. The first-order valence-electron chi connectivity index (χ1n) is 8.93. The number of para-hydroxylation sites is 1. The highest BCUT2D eigenvalue weighted by atomic mass is 32.3. The first kappa shape index (κ1) is 22.4. The molecule has 0 N–H and O–H groups in total. The highest BCUT2D eigenvalue weighted by Crippen LogP contribution is 2.22. The molecule has 0 aliphatic heterocycles. The van der Waals surface area contributed by atoms with Gasteiger partial charge in [0.15, 0.2) is 5.82 Å². The van der Waals surface area contributed by atoms with E-state index in [4.69, 9.17) is 4.74 Å². The number of rotatable bonds is 6. The van der Waals surface area contributed by atoms with Gasteiger partial charge < -0.3 is 9.30 Å². The molecule has 0 amide bonds. The Morgan fingerprint density at radius 1 is 1.06 bits per heavy atom. The fourth-order valence-electron chi connectivity index (χ4n) is 3.06. The topological polar surface area (TPSA) is 133 Å². The summed E-state index contributed by atoms with van der Waals surface area (Å²) in [5.74, 6) is -1.10. The SMILES string of the molecule is CCOC(=O)c1cn(-c2ccc(N(S(C)(=O)=O)S(C)(=O)=O)nc2)c2ccccc2c1=O. The van der Waals surface area contributed by atoms with E-state index >= 15 is 0 Å². The van der Waals surface area contributed by atoms with Crippen LogP contribution in [0.2, 0.25) is 0 Å². The Labute approximate surface area is 178 Å². The molecule has 0 spiro atoms. The number of hydrogen-bond acceptors (Lipinski definition) is 8. The zero-order chi connectivity index (χ0) is 23.0. The van der Waals surface area contributed by atoms with Gasteiger partial charge in [0.25, 0.3) is 0 Å². The van der Waals surface area contributed by atoms with E-state index in [2.05, 4.69) is 4.98 Å². The molecule has 0 aliphatic rings. The Morgan fingerprint density at radius 2 is 1.71 bits per heavy atom. The number of carbonyl (C=O) groups excluding carboxylic acids is 1. The van der Waals surface area contributed by atoms with Gasteiger partial charge >= 0.3 is 5.97 Å². The van der Waals surface area contributed by atoms with Crippen LogP contribution < -0.4 is 9.14 Å². The normalized spacial score (nSPS) is 12.0. The number of nitrogens with zero attached hydrogens (tertiary/aromatic N) is 3. The molecule has 0 saturated heterocycles. The zero-order valence-corrected chi connectivity index (χ0v) is 18.5. The van der Waals surface area contributed by atoms with Crippen molar-refractivity contribution in [1.29, 1.82) is 0 Å². The molecule has 0 atom stereocenters. The average Bonchev–Trinajstić information content (AvgIpc) is 2.67. The van der Waals surface area contributed by atoms with Crippen LogP contribution in [0.4, 0.5) is 5.82 Å². The second-order valence-corrected chi connectivity index (χ2v) is 10.5. The van der Waals surface area contributed by atoms with E-state index in [0.29, 0.717) is 11.2 Å².